The number of carbonyl (C=O) groups excluding carboxylic acids is 1. The lowest BCUT2D eigenvalue weighted by Gasteiger charge is -2.26. The van der Waals surface area contributed by atoms with E-state index in [2.05, 4.69) is 0 Å². The molecule has 0 aliphatic heterocycles. The van der Waals surface area contributed by atoms with Gasteiger partial charge >= 0.3 is 0 Å². The van der Waals surface area contributed by atoms with Gasteiger partial charge < -0.3 is 0 Å². The summed E-state index contributed by atoms with van der Waals surface area (Å²) in [5.41, 5.74) is 0.622. The van der Waals surface area contributed by atoms with E-state index in [9.17, 15) is 4.79 Å². The maximum absolute atomic E-state index is 11.8. The summed E-state index contributed by atoms with van der Waals surface area (Å²) in [5.74, 6) is 5.40. The summed E-state index contributed by atoms with van der Waals surface area (Å²) in [6, 6.07) is 2.02. The highest BCUT2D eigenvalue weighted by molar-refractivity contribution is 7.10. The van der Waals surface area contributed by atoms with Gasteiger partial charge in [-0.3, -0.25) is 9.80 Å². The number of nitrogens with zero attached hydrogens (tertiary/aromatic N) is 1. The molecule has 0 spiro atoms. The number of amides is 1. The molecule has 1 amide bonds. The Bertz CT molecular complexity index is 342. The Hall–Kier alpha value is -0.870. The standard InChI is InChI=1S/C10H16N2OS/c1-7-5-6-14-8(7)10(2,3)9(13)12(4)11/h5-6H,11H2,1-4H3. The number of hydrazine groups is 1. The van der Waals surface area contributed by atoms with Crippen molar-refractivity contribution in [1.82, 2.24) is 5.01 Å². The summed E-state index contributed by atoms with van der Waals surface area (Å²) in [6.07, 6.45) is 0. The fourth-order valence-corrected chi connectivity index (χ4v) is 2.60. The number of rotatable bonds is 2. The Morgan fingerprint density at radius 1 is 1.57 bits per heavy atom. The molecule has 4 heteroatoms. The Morgan fingerprint density at radius 2 is 2.14 bits per heavy atom. The third kappa shape index (κ3) is 1.81. The normalized spacial score (nSPS) is 11.5. The lowest BCUT2D eigenvalue weighted by atomic mass is 9.88. The van der Waals surface area contributed by atoms with Gasteiger partial charge in [0, 0.05) is 11.9 Å². The van der Waals surface area contributed by atoms with Crippen LogP contribution in [0, 0.1) is 6.92 Å². The molecule has 0 atom stereocenters. The van der Waals surface area contributed by atoms with Gasteiger partial charge in [-0.1, -0.05) is 0 Å². The number of aryl methyl sites for hydroxylation is 1. The van der Waals surface area contributed by atoms with Crippen molar-refractivity contribution in [3.63, 3.8) is 0 Å². The molecule has 0 aromatic carbocycles. The van der Waals surface area contributed by atoms with Crippen molar-refractivity contribution in [3.8, 4) is 0 Å². The molecule has 1 heterocycles. The Morgan fingerprint density at radius 3 is 2.50 bits per heavy atom. The molecule has 1 aromatic rings. The van der Waals surface area contributed by atoms with Crippen LogP contribution in [0.4, 0.5) is 0 Å². The molecule has 0 saturated heterocycles. The van der Waals surface area contributed by atoms with Gasteiger partial charge in [0.25, 0.3) is 0 Å². The number of likely N-dealkylation sites (N-methyl/N-ethyl adjacent to an activating group) is 1. The molecule has 0 saturated carbocycles. The van der Waals surface area contributed by atoms with Gasteiger partial charge in [-0.05, 0) is 37.8 Å². The van der Waals surface area contributed by atoms with Crippen molar-refractivity contribution in [2.45, 2.75) is 26.2 Å². The van der Waals surface area contributed by atoms with Gasteiger partial charge in [-0.25, -0.2) is 5.84 Å². The van der Waals surface area contributed by atoms with E-state index in [4.69, 9.17) is 5.84 Å². The monoisotopic (exact) mass is 212 g/mol. The molecular weight excluding hydrogens is 196 g/mol. The summed E-state index contributed by atoms with van der Waals surface area (Å²) in [4.78, 5) is 12.9. The van der Waals surface area contributed by atoms with Gasteiger partial charge in [-0.15, -0.1) is 11.3 Å². The molecular formula is C10H16N2OS. The largest absolute Gasteiger partial charge is 0.283 e. The Labute approximate surface area is 88.5 Å². The third-order valence-electron chi connectivity index (χ3n) is 2.28. The maximum atomic E-state index is 11.8. The second-order valence-electron chi connectivity index (χ2n) is 3.97. The predicted octanol–water partition coefficient (Wildman–Crippen LogP) is 1.67. The third-order valence-corrected chi connectivity index (χ3v) is 3.62. The van der Waals surface area contributed by atoms with Crippen LogP contribution >= 0.6 is 11.3 Å². The number of hydrogen-bond acceptors (Lipinski definition) is 3. The number of carbonyl (C=O) groups is 1. The first-order valence-electron chi connectivity index (χ1n) is 4.44. The van der Waals surface area contributed by atoms with Gasteiger partial charge in [0.05, 0.1) is 5.41 Å². The number of nitrogens with two attached hydrogens (primary N) is 1. The highest BCUT2D eigenvalue weighted by Crippen LogP contribution is 2.31. The smallest absolute Gasteiger partial charge is 0.247 e. The molecule has 0 fully saturated rings. The van der Waals surface area contributed by atoms with Crippen LogP contribution in [0.5, 0.6) is 0 Å². The van der Waals surface area contributed by atoms with Crippen LogP contribution in [0.3, 0.4) is 0 Å². The van der Waals surface area contributed by atoms with Crippen molar-refractivity contribution in [2.24, 2.45) is 5.84 Å². The summed E-state index contributed by atoms with van der Waals surface area (Å²) < 4.78 is 0. The highest BCUT2D eigenvalue weighted by Gasteiger charge is 2.33. The first kappa shape index (κ1) is 11.2. The topological polar surface area (TPSA) is 46.3 Å². The van der Waals surface area contributed by atoms with Crippen LogP contribution in [0.15, 0.2) is 11.4 Å². The molecule has 0 aliphatic carbocycles. The van der Waals surface area contributed by atoms with Gasteiger partial charge in [0.2, 0.25) is 5.91 Å². The molecule has 0 bridgehead atoms. The van der Waals surface area contributed by atoms with E-state index in [1.807, 2.05) is 32.2 Å². The summed E-state index contributed by atoms with van der Waals surface area (Å²) in [6.45, 7) is 5.81. The molecule has 3 nitrogen and oxygen atoms in total. The minimum atomic E-state index is -0.526. The van der Waals surface area contributed by atoms with Crippen LogP contribution in [0.25, 0.3) is 0 Å². The summed E-state index contributed by atoms with van der Waals surface area (Å²) >= 11 is 1.60. The lowest BCUT2D eigenvalue weighted by Crippen LogP contribution is -2.44. The fraction of sp³-hybridized carbons (Fsp3) is 0.500. The van der Waals surface area contributed by atoms with Gasteiger partial charge in [0.15, 0.2) is 0 Å². The second-order valence-corrected chi connectivity index (χ2v) is 4.89. The van der Waals surface area contributed by atoms with Crippen molar-refractivity contribution < 1.29 is 4.79 Å². The zero-order chi connectivity index (χ0) is 10.9. The average Bonchev–Trinajstić information content (AvgIpc) is 2.50. The van der Waals surface area contributed by atoms with E-state index in [1.165, 1.54) is 0 Å². The summed E-state index contributed by atoms with van der Waals surface area (Å²) in [5, 5.41) is 3.15. The molecule has 0 aliphatic rings. The molecule has 78 valence electrons. The van der Waals surface area contributed by atoms with E-state index >= 15 is 0 Å². The first-order chi connectivity index (χ1) is 6.37. The maximum Gasteiger partial charge on any atom is 0.247 e. The second kappa shape index (κ2) is 3.71. The Balaban J connectivity index is 3.08. The van der Waals surface area contributed by atoms with E-state index < -0.39 is 5.41 Å². The molecule has 1 aromatic heterocycles. The SMILES string of the molecule is Cc1ccsc1C(C)(C)C(=O)N(C)N. The average molecular weight is 212 g/mol. The molecule has 2 N–H and O–H groups in total. The van der Waals surface area contributed by atoms with Gasteiger partial charge in [0.1, 0.15) is 0 Å². The van der Waals surface area contributed by atoms with E-state index in [0.717, 1.165) is 15.4 Å². The van der Waals surface area contributed by atoms with Crippen LogP contribution < -0.4 is 5.84 Å². The van der Waals surface area contributed by atoms with Crippen LogP contribution in [-0.4, -0.2) is 18.0 Å². The predicted molar refractivity (Wildman–Crippen MR) is 59.0 cm³/mol. The van der Waals surface area contributed by atoms with Gasteiger partial charge in [-0.2, -0.15) is 0 Å². The highest BCUT2D eigenvalue weighted by atomic mass is 32.1. The van der Waals surface area contributed by atoms with Crippen LogP contribution in [0.2, 0.25) is 0 Å². The van der Waals surface area contributed by atoms with Crippen molar-refractivity contribution >= 4 is 17.2 Å². The zero-order valence-corrected chi connectivity index (χ0v) is 9.81. The van der Waals surface area contributed by atoms with E-state index in [-0.39, 0.29) is 5.91 Å². The number of hydrogen-bond donors (Lipinski definition) is 1. The fourth-order valence-electron chi connectivity index (χ4n) is 1.55. The van der Waals surface area contributed by atoms with E-state index in [0.29, 0.717) is 0 Å². The summed E-state index contributed by atoms with van der Waals surface area (Å²) in [7, 11) is 1.58. The Kier molecular flexibility index (Phi) is 2.97. The lowest BCUT2D eigenvalue weighted by molar-refractivity contribution is -0.135. The minimum absolute atomic E-state index is 0.0666. The van der Waals surface area contributed by atoms with Crippen LogP contribution in [-0.2, 0) is 10.2 Å². The molecule has 0 radical (unpaired) electrons. The van der Waals surface area contributed by atoms with E-state index in [1.54, 1.807) is 18.4 Å². The minimum Gasteiger partial charge on any atom is -0.283 e. The zero-order valence-electron chi connectivity index (χ0n) is 9.00. The molecule has 0 unspecified atom stereocenters. The molecule has 14 heavy (non-hydrogen) atoms. The van der Waals surface area contributed by atoms with Crippen molar-refractivity contribution in [2.75, 3.05) is 7.05 Å². The molecule has 1 rings (SSSR count). The van der Waals surface area contributed by atoms with Crippen molar-refractivity contribution in [3.05, 3.63) is 21.9 Å². The van der Waals surface area contributed by atoms with Crippen molar-refractivity contribution in [1.29, 1.82) is 0 Å². The number of thiophene rings is 1. The quantitative estimate of drug-likeness (QED) is 0.460. The van der Waals surface area contributed by atoms with Crippen LogP contribution in [0.1, 0.15) is 24.3 Å². The first-order valence-corrected chi connectivity index (χ1v) is 5.32.